The van der Waals surface area contributed by atoms with Crippen molar-refractivity contribution in [2.45, 2.75) is 13.0 Å². The summed E-state index contributed by atoms with van der Waals surface area (Å²) in [4.78, 5) is 19.4. The molecule has 0 aliphatic carbocycles. The summed E-state index contributed by atoms with van der Waals surface area (Å²) >= 11 is 0. The molecule has 0 spiro atoms. The minimum Gasteiger partial charge on any atom is -0.342 e. The summed E-state index contributed by atoms with van der Waals surface area (Å²) in [5, 5.41) is 5.36. The zero-order chi connectivity index (χ0) is 16.1. The number of carbonyl (C=O) groups excluding carboxylic acids is 1. The van der Waals surface area contributed by atoms with Gasteiger partial charge in [0.2, 0.25) is 0 Å². The van der Waals surface area contributed by atoms with E-state index >= 15 is 0 Å². The predicted octanol–water partition coefficient (Wildman–Crippen LogP) is 2.74. The third-order valence-electron chi connectivity index (χ3n) is 3.48. The van der Waals surface area contributed by atoms with E-state index in [1.165, 1.54) is 6.07 Å². The molecule has 1 aromatic heterocycles. The summed E-state index contributed by atoms with van der Waals surface area (Å²) < 4.78 is 13.4. The molecule has 118 valence electrons. The van der Waals surface area contributed by atoms with Gasteiger partial charge < -0.3 is 15.6 Å². The van der Waals surface area contributed by atoms with Gasteiger partial charge in [-0.05, 0) is 18.2 Å². The first-order chi connectivity index (χ1) is 11.2. The number of nitrogens with zero attached hydrogens (tertiary/aromatic N) is 1. The first-order valence-electron chi connectivity index (χ1n) is 7.41. The molecule has 2 aromatic carbocycles. The SMILES string of the molecule is O=C(NCCc1nc2ccccc2[nH]1)NCc1ccccc1F. The van der Waals surface area contributed by atoms with Crippen molar-refractivity contribution in [2.75, 3.05) is 6.54 Å². The average molecular weight is 312 g/mol. The highest BCUT2D eigenvalue weighted by Crippen LogP contribution is 2.10. The number of imidazole rings is 1. The first-order valence-corrected chi connectivity index (χ1v) is 7.41. The lowest BCUT2D eigenvalue weighted by Gasteiger charge is -2.07. The Morgan fingerprint density at radius 2 is 1.87 bits per heavy atom. The number of nitrogens with one attached hydrogen (secondary N) is 3. The Hall–Kier alpha value is -2.89. The maximum Gasteiger partial charge on any atom is 0.315 e. The van der Waals surface area contributed by atoms with E-state index in [-0.39, 0.29) is 18.4 Å². The molecule has 1 heterocycles. The molecule has 0 unspecified atom stereocenters. The molecular formula is C17H17FN4O. The van der Waals surface area contributed by atoms with Crippen LogP contribution >= 0.6 is 0 Å². The number of rotatable bonds is 5. The van der Waals surface area contributed by atoms with Crippen molar-refractivity contribution in [2.24, 2.45) is 0 Å². The summed E-state index contributed by atoms with van der Waals surface area (Å²) in [5.41, 5.74) is 2.35. The number of benzene rings is 2. The second-order valence-electron chi connectivity index (χ2n) is 5.15. The maximum atomic E-state index is 13.4. The fraction of sp³-hybridized carbons (Fsp3) is 0.176. The van der Waals surface area contributed by atoms with Crippen LogP contribution in [0, 0.1) is 5.82 Å². The number of hydrogen-bond donors (Lipinski definition) is 3. The molecule has 0 bridgehead atoms. The van der Waals surface area contributed by atoms with E-state index in [1.807, 2.05) is 24.3 Å². The van der Waals surface area contributed by atoms with Crippen molar-refractivity contribution in [1.29, 1.82) is 0 Å². The number of halogens is 1. The monoisotopic (exact) mass is 312 g/mol. The molecule has 0 saturated heterocycles. The van der Waals surface area contributed by atoms with Crippen LogP contribution in [0.5, 0.6) is 0 Å². The molecule has 6 heteroatoms. The van der Waals surface area contributed by atoms with Gasteiger partial charge in [-0.3, -0.25) is 0 Å². The van der Waals surface area contributed by atoms with Crippen molar-refractivity contribution in [3.05, 3.63) is 65.7 Å². The summed E-state index contributed by atoms with van der Waals surface area (Å²) in [6.07, 6.45) is 0.599. The number of aromatic nitrogens is 2. The predicted molar refractivity (Wildman–Crippen MR) is 86.4 cm³/mol. The largest absolute Gasteiger partial charge is 0.342 e. The number of amides is 2. The molecule has 0 aliphatic heterocycles. The summed E-state index contributed by atoms with van der Waals surface area (Å²) in [6, 6.07) is 13.8. The third kappa shape index (κ3) is 3.85. The van der Waals surface area contributed by atoms with Gasteiger partial charge in [0.1, 0.15) is 11.6 Å². The number of carbonyl (C=O) groups is 1. The molecule has 0 radical (unpaired) electrons. The maximum absolute atomic E-state index is 13.4. The van der Waals surface area contributed by atoms with Crippen LogP contribution < -0.4 is 10.6 Å². The van der Waals surface area contributed by atoms with Crippen LogP contribution in [0.25, 0.3) is 11.0 Å². The van der Waals surface area contributed by atoms with Crippen LogP contribution in [-0.2, 0) is 13.0 Å². The fourth-order valence-corrected chi connectivity index (χ4v) is 2.30. The fourth-order valence-electron chi connectivity index (χ4n) is 2.30. The van der Waals surface area contributed by atoms with E-state index in [4.69, 9.17) is 0 Å². The van der Waals surface area contributed by atoms with E-state index in [1.54, 1.807) is 18.2 Å². The molecule has 3 aromatic rings. The van der Waals surface area contributed by atoms with Gasteiger partial charge in [-0.15, -0.1) is 0 Å². The van der Waals surface area contributed by atoms with Crippen molar-refractivity contribution in [3.8, 4) is 0 Å². The van der Waals surface area contributed by atoms with Gasteiger partial charge in [0.05, 0.1) is 11.0 Å². The Morgan fingerprint density at radius 1 is 1.09 bits per heavy atom. The van der Waals surface area contributed by atoms with Crippen LogP contribution in [0.4, 0.5) is 9.18 Å². The lowest BCUT2D eigenvalue weighted by molar-refractivity contribution is 0.240. The molecule has 5 nitrogen and oxygen atoms in total. The topological polar surface area (TPSA) is 69.8 Å². The van der Waals surface area contributed by atoms with Crippen LogP contribution in [0.3, 0.4) is 0 Å². The molecule has 0 saturated carbocycles. The zero-order valence-electron chi connectivity index (χ0n) is 12.5. The van der Waals surface area contributed by atoms with Gasteiger partial charge >= 0.3 is 6.03 Å². The van der Waals surface area contributed by atoms with Gasteiger partial charge in [0, 0.05) is 25.1 Å². The Balaban J connectivity index is 1.45. The number of fused-ring (bicyclic) bond motifs is 1. The molecule has 0 atom stereocenters. The highest BCUT2D eigenvalue weighted by Gasteiger charge is 2.05. The molecule has 23 heavy (non-hydrogen) atoms. The van der Waals surface area contributed by atoms with Crippen LogP contribution in [0.15, 0.2) is 48.5 Å². The van der Waals surface area contributed by atoms with Gasteiger partial charge in [-0.25, -0.2) is 14.2 Å². The highest BCUT2D eigenvalue weighted by atomic mass is 19.1. The second kappa shape index (κ2) is 6.91. The minimum atomic E-state index is -0.329. The van der Waals surface area contributed by atoms with Crippen molar-refractivity contribution in [3.63, 3.8) is 0 Å². The zero-order valence-corrected chi connectivity index (χ0v) is 12.5. The number of H-pyrrole nitrogens is 1. The Labute approximate surface area is 132 Å². The normalized spacial score (nSPS) is 10.7. The van der Waals surface area contributed by atoms with E-state index in [0.717, 1.165) is 16.9 Å². The number of para-hydroxylation sites is 2. The van der Waals surface area contributed by atoms with Crippen molar-refractivity contribution < 1.29 is 9.18 Å². The molecule has 3 rings (SSSR count). The first kappa shape index (κ1) is 15.0. The number of urea groups is 1. The standard InChI is InChI=1S/C17H17FN4O/c18-13-6-2-1-5-12(13)11-20-17(23)19-10-9-16-21-14-7-3-4-8-15(14)22-16/h1-8H,9-11H2,(H,21,22)(H2,19,20,23). The van der Waals surface area contributed by atoms with Gasteiger partial charge in [0.15, 0.2) is 0 Å². The Kier molecular flexibility index (Phi) is 4.52. The van der Waals surface area contributed by atoms with Crippen LogP contribution in [0.2, 0.25) is 0 Å². The van der Waals surface area contributed by atoms with Crippen molar-refractivity contribution in [1.82, 2.24) is 20.6 Å². The third-order valence-corrected chi connectivity index (χ3v) is 3.48. The summed E-state index contributed by atoms with van der Waals surface area (Å²) in [6.45, 7) is 0.603. The summed E-state index contributed by atoms with van der Waals surface area (Å²) in [5.74, 6) is 0.496. The van der Waals surface area contributed by atoms with E-state index in [9.17, 15) is 9.18 Å². The average Bonchev–Trinajstić information content (AvgIpc) is 2.97. The second-order valence-corrected chi connectivity index (χ2v) is 5.15. The van der Waals surface area contributed by atoms with Crippen molar-refractivity contribution >= 4 is 17.1 Å². The highest BCUT2D eigenvalue weighted by molar-refractivity contribution is 5.75. The molecule has 0 fully saturated rings. The smallest absolute Gasteiger partial charge is 0.315 e. The quantitative estimate of drug-likeness (QED) is 0.678. The minimum absolute atomic E-state index is 0.156. The Morgan fingerprint density at radius 3 is 2.70 bits per heavy atom. The van der Waals surface area contributed by atoms with E-state index in [2.05, 4.69) is 20.6 Å². The van der Waals surface area contributed by atoms with E-state index in [0.29, 0.717) is 18.5 Å². The summed E-state index contributed by atoms with van der Waals surface area (Å²) in [7, 11) is 0. The Bertz CT molecular complexity index is 782. The lowest BCUT2D eigenvalue weighted by atomic mass is 10.2. The van der Waals surface area contributed by atoms with Crippen LogP contribution in [0.1, 0.15) is 11.4 Å². The molecule has 3 N–H and O–H groups in total. The molecule has 0 aliphatic rings. The molecule has 2 amide bonds. The van der Waals surface area contributed by atoms with Gasteiger partial charge in [-0.2, -0.15) is 0 Å². The lowest BCUT2D eigenvalue weighted by Crippen LogP contribution is -2.36. The van der Waals surface area contributed by atoms with Crippen LogP contribution in [-0.4, -0.2) is 22.5 Å². The van der Waals surface area contributed by atoms with Gasteiger partial charge in [0.25, 0.3) is 0 Å². The van der Waals surface area contributed by atoms with Gasteiger partial charge in [-0.1, -0.05) is 30.3 Å². The molecular weight excluding hydrogens is 295 g/mol. The van der Waals surface area contributed by atoms with E-state index < -0.39 is 0 Å². The number of hydrogen-bond acceptors (Lipinski definition) is 2. The number of aromatic amines is 1.